The fraction of sp³-hybridized carbons (Fsp3) is 0.667. The van der Waals surface area contributed by atoms with Gasteiger partial charge in [-0.05, 0) is 51.6 Å². The second-order valence-corrected chi connectivity index (χ2v) is 9.05. The second-order valence-electron chi connectivity index (χ2n) is 9.05. The second kappa shape index (κ2) is 7.14. The Bertz CT molecular complexity index is 670. The summed E-state index contributed by atoms with van der Waals surface area (Å²) in [5.41, 5.74) is 1.36. The molecule has 1 unspecified atom stereocenters. The minimum Gasteiger partial charge on any atom is -0.449 e. The molecule has 0 spiro atoms. The lowest BCUT2D eigenvalue weighted by Gasteiger charge is -2.41. The summed E-state index contributed by atoms with van der Waals surface area (Å²) in [6.07, 6.45) is 0.655. The van der Waals surface area contributed by atoms with Crippen LogP contribution in [-0.4, -0.2) is 42.0 Å². The van der Waals surface area contributed by atoms with Crippen LogP contribution in [0.3, 0.4) is 0 Å². The molecular formula is C21H32BNO4. The summed E-state index contributed by atoms with van der Waals surface area (Å²) in [5, 5.41) is 0. The lowest BCUT2D eigenvalue weighted by atomic mass is 9.78. The van der Waals surface area contributed by atoms with E-state index in [-0.39, 0.29) is 36.5 Å². The van der Waals surface area contributed by atoms with Crippen molar-refractivity contribution in [3.05, 3.63) is 29.8 Å². The third-order valence-electron chi connectivity index (χ3n) is 6.34. The third kappa shape index (κ3) is 3.74. The molecule has 148 valence electrons. The molecule has 2 heterocycles. The normalized spacial score (nSPS) is 25.6. The van der Waals surface area contributed by atoms with E-state index >= 15 is 0 Å². The van der Waals surface area contributed by atoms with Crippen molar-refractivity contribution in [1.29, 1.82) is 0 Å². The SMILES string of the molecule is CC(C)C1CCOC(=O)N1[C@@H](C)c1ccc(B2OC(C)(C)C(C)(C)O2)cc1. The number of cyclic esters (lactones) is 1. The summed E-state index contributed by atoms with van der Waals surface area (Å²) in [5.74, 6) is 0.393. The lowest BCUT2D eigenvalue weighted by Crippen LogP contribution is -2.49. The summed E-state index contributed by atoms with van der Waals surface area (Å²) >= 11 is 0. The Morgan fingerprint density at radius 2 is 1.59 bits per heavy atom. The summed E-state index contributed by atoms with van der Waals surface area (Å²) in [6.45, 7) is 15.1. The highest BCUT2D eigenvalue weighted by molar-refractivity contribution is 6.62. The molecule has 1 aromatic rings. The number of carbonyl (C=O) groups is 1. The largest absolute Gasteiger partial charge is 0.494 e. The van der Waals surface area contributed by atoms with Crippen molar-refractivity contribution in [3.8, 4) is 0 Å². The Hall–Kier alpha value is -1.53. The van der Waals surface area contributed by atoms with Gasteiger partial charge in [0.25, 0.3) is 0 Å². The maximum Gasteiger partial charge on any atom is 0.494 e. The van der Waals surface area contributed by atoms with E-state index in [1.165, 1.54) is 0 Å². The fourth-order valence-corrected chi connectivity index (χ4v) is 3.79. The molecule has 1 amide bonds. The van der Waals surface area contributed by atoms with Gasteiger partial charge in [-0.1, -0.05) is 38.1 Å². The molecule has 5 nitrogen and oxygen atoms in total. The molecule has 2 saturated heterocycles. The van der Waals surface area contributed by atoms with Crippen molar-refractivity contribution in [1.82, 2.24) is 4.90 Å². The first kappa shape index (κ1) is 20.2. The van der Waals surface area contributed by atoms with E-state index in [9.17, 15) is 4.79 Å². The number of rotatable bonds is 4. The molecule has 2 aliphatic heterocycles. The van der Waals surface area contributed by atoms with E-state index in [2.05, 4.69) is 60.6 Å². The van der Waals surface area contributed by atoms with E-state index in [0.717, 1.165) is 17.4 Å². The average molecular weight is 373 g/mol. The molecule has 2 aliphatic rings. The molecule has 3 rings (SSSR count). The molecular weight excluding hydrogens is 341 g/mol. The summed E-state index contributed by atoms with van der Waals surface area (Å²) < 4.78 is 17.6. The quantitative estimate of drug-likeness (QED) is 0.751. The lowest BCUT2D eigenvalue weighted by molar-refractivity contribution is 0.00578. The van der Waals surface area contributed by atoms with Gasteiger partial charge in [0.15, 0.2) is 0 Å². The topological polar surface area (TPSA) is 48.0 Å². The molecule has 1 aromatic carbocycles. The van der Waals surface area contributed by atoms with Crippen LogP contribution in [0.1, 0.15) is 66.5 Å². The van der Waals surface area contributed by atoms with Crippen LogP contribution in [0.25, 0.3) is 0 Å². The van der Waals surface area contributed by atoms with Gasteiger partial charge >= 0.3 is 13.2 Å². The summed E-state index contributed by atoms with van der Waals surface area (Å²) in [4.78, 5) is 14.3. The van der Waals surface area contributed by atoms with Gasteiger partial charge < -0.3 is 14.0 Å². The van der Waals surface area contributed by atoms with E-state index in [1.807, 2.05) is 17.0 Å². The van der Waals surface area contributed by atoms with E-state index < -0.39 is 0 Å². The number of ether oxygens (including phenoxy) is 1. The van der Waals surface area contributed by atoms with Crippen molar-refractivity contribution >= 4 is 18.7 Å². The van der Waals surface area contributed by atoms with Gasteiger partial charge in [-0.3, -0.25) is 4.90 Å². The molecule has 2 fully saturated rings. The predicted molar refractivity (Wildman–Crippen MR) is 107 cm³/mol. The molecule has 0 aliphatic carbocycles. The number of nitrogens with zero attached hydrogens (tertiary/aromatic N) is 1. The van der Waals surface area contributed by atoms with Gasteiger partial charge in [0.2, 0.25) is 0 Å². The van der Waals surface area contributed by atoms with Crippen LogP contribution in [0.4, 0.5) is 4.79 Å². The van der Waals surface area contributed by atoms with Crippen LogP contribution < -0.4 is 5.46 Å². The van der Waals surface area contributed by atoms with Gasteiger partial charge in [0.1, 0.15) is 0 Å². The number of amides is 1. The van der Waals surface area contributed by atoms with Crippen molar-refractivity contribution in [2.75, 3.05) is 6.61 Å². The monoisotopic (exact) mass is 373 g/mol. The Morgan fingerprint density at radius 1 is 1.04 bits per heavy atom. The fourth-order valence-electron chi connectivity index (χ4n) is 3.79. The summed E-state index contributed by atoms with van der Waals surface area (Å²) in [6, 6.07) is 8.34. The smallest absolute Gasteiger partial charge is 0.449 e. The van der Waals surface area contributed by atoms with Crippen LogP contribution in [-0.2, 0) is 14.0 Å². The number of benzene rings is 1. The van der Waals surface area contributed by atoms with Gasteiger partial charge in [-0.2, -0.15) is 0 Å². The molecule has 0 radical (unpaired) electrons. The van der Waals surface area contributed by atoms with Gasteiger partial charge in [-0.25, -0.2) is 4.79 Å². The zero-order valence-corrected chi connectivity index (χ0v) is 17.6. The molecule has 0 aromatic heterocycles. The number of carbonyl (C=O) groups excluding carboxylic acids is 1. The van der Waals surface area contributed by atoms with Crippen molar-refractivity contribution in [3.63, 3.8) is 0 Å². The van der Waals surface area contributed by atoms with Crippen LogP contribution in [0.5, 0.6) is 0 Å². The van der Waals surface area contributed by atoms with Gasteiger partial charge in [-0.15, -0.1) is 0 Å². The minimum atomic E-state index is -0.372. The van der Waals surface area contributed by atoms with Gasteiger partial charge in [0, 0.05) is 12.5 Å². The highest BCUT2D eigenvalue weighted by Crippen LogP contribution is 2.36. The number of hydrogen-bond donors (Lipinski definition) is 0. The maximum atomic E-state index is 12.4. The predicted octanol–water partition coefficient (Wildman–Crippen LogP) is 3.91. The van der Waals surface area contributed by atoms with Gasteiger partial charge in [0.05, 0.1) is 23.9 Å². The first-order valence-electron chi connectivity index (χ1n) is 9.94. The Morgan fingerprint density at radius 3 is 2.11 bits per heavy atom. The molecule has 0 saturated carbocycles. The standard InChI is InChI=1S/C21H32BNO4/c1-14(2)18-12-13-25-19(24)23(18)15(3)16-8-10-17(11-9-16)22-26-20(4,5)21(6,7)27-22/h8-11,14-15,18H,12-13H2,1-7H3/t15-,18?/m0/s1. The highest BCUT2D eigenvalue weighted by atomic mass is 16.7. The van der Waals surface area contributed by atoms with Crippen molar-refractivity contribution in [2.45, 2.75) is 78.2 Å². The van der Waals surface area contributed by atoms with Crippen LogP contribution in [0, 0.1) is 5.92 Å². The molecule has 6 heteroatoms. The van der Waals surface area contributed by atoms with Crippen molar-refractivity contribution in [2.24, 2.45) is 5.92 Å². The Labute approximate surface area is 163 Å². The molecule has 0 bridgehead atoms. The van der Waals surface area contributed by atoms with Crippen LogP contribution >= 0.6 is 0 Å². The third-order valence-corrected chi connectivity index (χ3v) is 6.34. The van der Waals surface area contributed by atoms with E-state index in [1.54, 1.807) is 0 Å². The number of hydrogen-bond acceptors (Lipinski definition) is 4. The maximum absolute atomic E-state index is 12.4. The Balaban J connectivity index is 1.78. The zero-order chi connectivity index (χ0) is 20.0. The highest BCUT2D eigenvalue weighted by Gasteiger charge is 2.51. The van der Waals surface area contributed by atoms with E-state index in [0.29, 0.717) is 12.5 Å². The average Bonchev–Trinajstić information content (AvgIpc) is 2.82. The Kier molecular flexibility index (Phi) is 5.34. The minimum absolute atomic E-state index is 0.0439. The van der Waals surface area contributed by atoms with Crippen LogP contribution in [0.15, 0.2) is 24.3 Å². The first-order chi connectivity index (χ1) is 12.5. The zero-order valence-electron chi connectivity index (χ0n) is 17.6. The first-order valence-corrected chi connectivity index (χ1v) is 9.94. The molecule has 2 atom stereocenters. The molecule has 27 heavy (non-hydrogen) atoms. The summed E-state index contributed by atoms with van der Waals surface area (Å²) in [7, 11) is -0.372. The van der Waals surface area contributed by atoms with E-state index in [4.69, 9.17) is 14.0 Å². The van der Waals surface area contributed by atoms with Crippen molar-refractivity contribution < 1.29 is 18.8 Å². The van der Waals surface area contributed by atoms with Crippen LogP contribution in [0.2, 0.25) is 0 Å². The molecule has 0 N–H and O–H groups in total.